The van der Waals surface area contributed by atoms with Crippen LogP contribution in [0.1, 0.15) is 5.69 Å². The number of halogens is 1. The number of pyridine rings is 1. The molecule has 0 saturated carbocycles. The maximum atomic E-state index is 11.0. The number of aromatic nitrogens is 2. The van der Waals surface area contributed by atoms with Gasteiger partial charge in [0.15, 0.2) is 11.5 Å². The summed E-state index contributed by atoms with van der Waals surface area (Å²) >= 11 is 5.88. The summed E-state index contributed by atoms with van der Waals surface area (Å²) in [5.74, 6) is -0.341. The van der Waals surface area contributed by atoms with Gasteiger partial charge in [-0.25, -0.2) is 10.5 Å². The second kappa shape index (κ2) is 5.31. The fraction of sp³-hybridized carbons (Fsp3) is 0.200. The minimum absolute atomic E-state index is 0.193. The third-order valence-corrected chi connectivity index (χ3v) is 2.71. The molecule has 0 unspecified atom stereocenters. The molecular weight excluding hydrogens is 274 g/mol. The number of hydrogen-bond donors (Lipinski definition) is 5. The van der Waals surface area contributed by atoms with Crippen molar-refractivity contribution in [3.63, 3.8) is 0 Å². The normalized spacial score (nSPS) is 10.7. The van der Waals surface area contributed by atoms with Crippen LogP contribution in [0.2, 0.25) is 5.02 Å². The lowest BCUT2D eigenvalue weighted by atomic mass is 10.4. The topological polar surface area (TPSA) is 125 Å². The van der Waals surface area contributed by atoms with Crippen LogP contribution in [0.25, 0.3) is 5.65 Å². The van der Waals surface area contributed by atoms with Crippen molar-refractivity contribution in [1.29, 1.82) is 0 Å². The van der Waals surface area contributed by atoms with Crippen LogP contribution in [0.5, 0.6) is 0 Å². The van der Waals surface area contributed by atoms with Crippen LogP contribution in [0, 0.1) is 0 Å². The molecule has 0 bridgehead atoms. The molecule has 0 aromatic carbocycles. The van der Waals surface area contributed by atoms with Crippen LogP contribution < -0.4 is 16.5 Å². The van der Waals surface area contributed by atoms with Crippen molar-refractivity contribution in [2.24, 2.45) is 0 Å². The molecule has 0 aliphatic rings. The maximum absolute atomic E-state index is 11.0. The van der Waals surface area contributed by atoms with Crippen molar-refractivity contribution in [3.8, 4) is 0 Å². The molecule has 19 heavy (non-hydrogen) atoms. The van der Waals surface area contributed by atoms with Crippen molar-refractivity contribution in [2.75, 3.05) is 17.6 Å². The molecule has 0 atom stereocenters. The van der Waals surface area contributed by atoms with Crippen molar-refractivity contribution < 1.29 is 15.1 Å². The number of rotatable bonds is 4. The Kier molecular flexibility index (Phi) is 3.74. The molecule has 8 nitrogen and oxygen atoms in total. The number of aliphatic hydroxyl groups is 1. The molecule has 2 rings (SSSR count). The number of carbonyl (C=O) groups is 1. The molecule has 0 radical (unpaired) electrons. The molecular formula is C10H12ClN5O3. The van der Waals surface area contributed by atoms with Crippen molar-refractivity contribution >= 4 is 34.7 Å². The van der Waals surface area contributed by atoms with Crippen LogP contribution >= 0.6 is 11.6 Å². The van der Waals surface area contributed by atoms with E-state index < -0.39 is 5.91 Å². The van der Waals surface area contributed by atoms with Gasteiger partial charge in [0.2, 0.25) is 0 Å². The number of aliphatic hydroxyl groups excluding tert-OH is 1. The van der Waals surface area contributed by atoms with E-state index in [-0.39, 0.29) is 13.2 Å². The maximum Gasteiger partial charge on any atom is 0.262 e. The number of hydroxylamine groups is 1. The number of amides is 1. The first kappa shape index (κ1) is 13.4. The molecule has 1 amide bonds. The Hall–Kier alpha value is -2.03. The van der Waals surface area contributed by atoms with Gasteiger partial charge in [-0.1, -0.05) is 11.6 Å². The van der Waals surface area contributed by atoms with Gasteiger partial charge in [0, 0.05) is 6.20 Å². The van der Waals surface area contributed by atoms with E-state index >= 15 is 0 Å². The van der Waals surface area contributed by atoms with Gasteiger partial charge in [-0.2, -0.15) is 0 Å². The molecule has 0 aliphatic heterocycles. The minimum Gasteiger partial charge on any atom is -0.396 e. The summed E-state index contributed by atoms with van der Waals surface area (Å²) in [6.45, 7) is -0.509. The predicted octanol–water partition coefficient (Wildman–Crippen LogP) is -0.0205. The number of anilines is 2. The quantitative estimate of drug-likeness (QED) is 0.397. The Morgan fingerprint density at radius 1 is 1.58 bits per heavy atom. The minimum atomic E-state index is -0.632. The van der Waals surface area contributed by atoms with Crippen molar-refractivity contribution in [2.45, 2.75) is 6.61 Å². The Labute approximate surface area is 112 Å². The summed E-state index contributed by atoms with van der Waals surface area (Å²) in [7, 11) is 0. The van der Waals surface area contributed by atoms with Crippen LogP contribution in [0.4, 0.5) is 11.5 Å². The highest BCUT2D eigenvalue weighted by Gasteiger charge is 2.14. The van der Waals surface area contributed by atoms with E-state index in [9.17, 15) is 9.90 Å². The van der Waals surface area contributed by atoms with Gasteiger partial charge in [0.05, 0.1) is 29.6 Å². The first-order valence-corrected chi connectivity index (χ1v) is 5.68. The fourth-order valence-corrected chi connectivity index (χ4v) is 1.89. The summed E-state index contributed by atoms with van der Waals surface area (Å²) in [4.78, 5) is 15.1. The molecule has 9 heteroatoms. The third-order valence-electron chi connectivity index (χ3n) is 2.50. The van der Waals surface area contributed by atoms with E-state index in [0.717, 1.165) is 0 Å². The summed E-state index contributed by atoms with van der Waals surface area (Å²) in [6.07, 6.45) is 1.56. The Balaban J connectivity index is 2.44. The zero-order valence-electron chi connectivity index (χ0n) is 9.72. The summed E-state index contributed by atoms with van der Waals surface area (Å²) in [5, 5.41) is 20.9. The Morgan fingerprint density at radius 2 is 2.32 bits per heavy atom. The van der Waals surface area contributed by atoms with Gasteiger partial charge in [-0.05, 0) is 6.07 Å². The molecule has 102 valence electrons. The van der Waals surface area contributed by atoms with Gasteiger partial charge < -0.3 is 16.2 Å². The number of hydrogen-bond acceptors (Lipinski definition) is 6. The first-order valence-electron chi connectivity index (χ1n) is 5.30. The van der Waals surface area contributed by atoms with Crippen molar-refractivity contribution in [3.05, 3.63) is 23.0 Å². The lowest BCUT2D eigenvalue weighted by Gasteiger charge is -2.04. The largest absolute Gasteiger partial charge is 0.396 e. The van der Waals surface area contributed by atoms with Gasteiger partial charge in [-0.15, -0.1) is 0 Å². The number of nitrogens with one attached hydrogen (secondary N) is 2. The molecule has 0 saturated heterocycles. The summed E-state index contributed by atoms with van der Waals surface area (Å²) < 4.78 is 1.54. The number of imidazole rings is 1. The lowest BCUT2D eigenvalue weighted by Crippen LogP contribution is -2.27. The van der Waals surface area contributed by atoms with E-state index in [4.69, 9.17) is 22.5 Å². The number of nitrogen functional groups attached to an aromatic ring is 1. The van der Waals surface area contributed by atoms with Crippen LogP contribution in [0.3, 0.4) is 0 Å². The summed E-state index contributed by atoms with van der Waals surface area (Å²) in [6, 6.07) is 1.54. The highest BCUT2D eigenvalue weighted by atomic mass is 35.5. The molecule has 0 fully saturated rings. The first-order chi connectivity index (χ1) is 9.06. The molecule has 0 aliphatic carbocycles. The van der Waals surface area contributed by atoms with Crippen LogP contribution in [-0.2, 0) is 11.4 Å². The van der Waals surface area contributed by atoms with E-state index in [1.54, 1.807) is 6.20 Å². The van der Waals surface area contributed by atoms with E-state index in [1.807, 2.05) is 0 Å². The zero-order valence-corrected chi connectivity index (χ0v) is 10.5. The zero-order chi connectivity index (χ0) is 14.0. The Morgan fingerprint density at radius 3 is 2.95 bits per heavy atom. The molecule has 2 aromatic heterocycles. The molecule has 0 spiro atoms. The van der Waals surface area contributed by atoms with Gasteiger partial charge in [0.25, 0.3) is 5.91 Å². The second-order valence-electron chi connectivity index (χ2n) is 3.76. The van der Waals surface area contributed by atoms with E-state index in [0.29, 0.717) is 27.9 Å². The average Bonchev–Trinajstić information content (AvgIpc) is 2.73. The number of fused-ring (bicyclic) bond motifs is 1. The third kappa shape index (κ3) is 2.55. The van der Waals surface area contributed by atoms with Gasteiger partial charge in [0.1, 0.15) is 0 Å². The number of carbonyl (C=O) groups excluding carboxylic acids is 1. The highest BCUT2D eigenvalue weighted by Crippen LogP contribution is 2.24. The molecule has 2 aromatic rings. The molecule has 6 N–H and O–H groups in total. The van der Waals surface area contributed by atoms with Crippen LogP contribution in [0.15, 0.2) is 12.3 Å². The van der Waals surface area contributed by atoms with Gasteiger partial charge in [-0.3, -0.25) is 14.4 Å². The summed E-state index contributed by atoms with van der Waals surface area (Å²) in [5.41, 5.74) is 8.44. The Bertz CT molecular complexity index is 627. The van der Waals surface area contributed by atoms with Gasteiger partial charge >= 0.3 is 0 Å². The number of nitrogens with two attached hydrogens (primary N) is 1. The van der Waals surface area contributed by atoms with Crippen molar-refractivity contribution in [1.82, 2.24) is 14.9 Å². The average molecular weight is 286 g/mol. The lowest BCUT2D eigenvalue weighted by molar-refractivity contribution is -0.127. The van der Waals surface area contributed by atoms with E-state index in [1.165, 1.54) is 15.9 Å². The predicted molar refractivity (Wildman–Crippen MR) is 69.0 cm³/mol. The highest BCUT2D eigenvalue weighted by molar-refractivity contribution is 6.30. The standard InChI is InChI=1S/C10H12ClN5O3/c11-5-1-6(12)10-14-9(13-2-8(18)15-19)7(4-17)16(10)3-5/h1,3,13,17,19H,2,4,12H2,(H,15,18). The number of nitrogens with zero attached hydrogens (tertiary/aromatic N) is 2. The van der Waals surface area contributed by atoms with Crippen LogP contribution in [-0.4, -0.2) is 32.2 Å². The fourth-order valence-electron chi connectivity index (χ4n) is 1.68. The SMILES string of the molecule is Nc1cc(Cl)cn2c(CO)c(NCC(=O)NO)nc12. The second-order valence-corrected chi connectivity index (χ2v) is 4.20. The molecule has 2 heterocycles. The smallest absolute Gasteiger partial charge is 0.262 e. The van der Waals surface area contributed by atoms with E-state index in [2.05, 4.69) is 10.3 Å². The monoisotopic (exact) mass is 285 g/mol.